The minimum atomic E-state index is -1.14. The molecule has 1 N–H and O–H groups in total. The molecule has 0 saturated heterocycles. The van der Waals surface area contributed by atoms with E-state index in [2.05, 4.69) is 5.32 Å². The molecule has 0 radical (unpaired) electrons. The number of halogens is 3. The maximum atomic E-state index is 13.2. The highest BCUT2D eigenvalue weighted by molar-refractivity contribution is 6.18. The van der Waals surface area contributed by atoms with Gasteiger partial charge in [0.1, 0.15) is 0 Å². The van der Waals surface area contributed by atoms with E-state index >= 15 is 0 Å². The highest BCUT2D eigenvalue weighted by atomic mass is 35.5. The lowest BCUT2D eigenvalue weighted by Gasteiger charge is -2.03. The normalized spacial score (nSPS) is 10.7. The van der Waals surface area contributed by atoms with Crippen molar-refractivity contribution in [3.05, 3.63) is 47.5 Å². The number of amides is 1. The third-order valence-electron chi connectivity index (χ3n) is 1.83. The molecule has 0 aliphatic carbocycles. The number of hydrogen-bond donors (Lipinski definition) is 1. The summed E-state index contributed by atoms with van der Waals surface area (Å²) >= 11 is 5.37. The van der Waals surface area contributed by atoms with Crippen LogP contribution in [0.25, 0.3) is 0 Å². The molecule has 16 heavy (non-hydrogen) atoms. The fraction of sp³-hybridized carbons (Fsp3) is 0.182. The van der Waals surface area contributed by atoms with Gasteiger partial charge in [-0.3, -0.25) is 4.79 Å². The number of allylic oxidation sites excluding steroid dienone is 1. The maximum absolute atomic E-state index is 13.2. The Morgan fingerprint density at radius 2 is 2.12 bits per heavy atom. The van der Waals surface area contributed by atoms with Crippen molar-refractivity contribution in [3.8, 4) is 0 Å². The van der Waals surface area contributed by atoms with Crippen LogP contribution in [0.4, 0.5) is 8.78 Å². The summed E-state index contributed by atoms with van der Waals surface area (Å²) < 4.78 is 25.9. The summed E-state index contributed by atoms with van der Waals surface area (Å²) in [5.41, 5.74) is -0.306. The van der Waals surface area contributed by atoms with E-state index in [0.717, 1.165) is 6.07 Å². The number of alkyl halides is 1. The summed E-state index contributed by atoms with van der Waals surface area (Å²) in [5, 5.41) is 2.41. The van der Waals surface area contributed by atoms with Gasteiger partial charge in [-0.25, -0.2) is 8.78 Å². The zero-order valence-electron chi connectivity index (χ0n) is 8.34. The van der Waals surface area contributed by atoms with Crippen LogP contribution >= 0.6 is 11.6 Å². The molecule has 1 aromatic rings. The molecule has 0 aromatic heterocycles. The lowest BCUT2D eigenvalue weighted by molar-refractivity contribution is 0.0953. The lowest BCUT2D eigenvalue weighted by Crippen LogP contribution is -2.24. The first kappa shape index (κ1) is 12.6. The van der Waals surface area contributed by atoms with Crippen molar-refractivity contribution in [1.82, 2.24) is 5.32 Å². The van der Waals surface area contributed by atoms with Crippen LogP contribution in [0.15, 0.2) is 30.4 Å². The van der Waals surface area contributed by atoms with Crippen molar-refractivity contribution >= 4 is 17.5 Å². The van der Waals surface area contributed by atoms with Gasteiger partial charge in [0.15, 0.2) is 11.6 Å². The topological polar surface area (TPSA) is 29.1 Å². The van der Waals surface area contributed by atoms with Crippen LogP contribution in [0, 0.1) is 11.6 Å². The average Bonchev–Trinajstić information content (AvgIpc) is 2.28. The second-order valence-corrected chi connectivity index (χ2v) is 3.25. The minimum Gasteiger partial charge on any atom is -0.348 e. The Labute approximate surface area is 96.9 Å². The average molecular weight is 246 g/mol. The fourth-order valence-electron chi connectivity index (χ4n) is 1.07. The third-order valence-corrected chi connectivity index (χ3v) is 2.01. The van der Waals surface area contributed by atoms with Gasteiger partial charge in [0.05, 0.1) is 5.56 Å². The second-order valence-electron chi connectivity index (χ2n) is 2.94. The largest absolute Gasteiger partial charge is 0.348 e. The van der Waals surface area contributed by atoms with Crippen molar-refractivity contribution in [1.29, 1.82) is 0 Å². The van der Waals surface area contributed by atoms with Gasteiger partial charge >= 0.3 is 0 Å². The molecule has 86 valence electrons. The SMILES string of the molecule is O=C(NC/C=C/CCl)c1cccc(F)c1F. The van der Waals surface area contributed by atoms with E-state index in [9.17, 15) is 13.6 Å². The van der Waals surface area contributed by atoms with E-state index in [0.29, 0.717) is 5.88 Å². The fourth-order valence-corrected chi connectivity index (χ4v) is 1.20. The van der Waals surface area contributed by atoms with E-state index in [-0.39, 0.29) is 12.1 Å². The molecule has 1 aromatic carbocycles. The molecule has 0 fully saturated rings. The van der Waals surface area contributed by atoms with E-state index in [1.54, 1.807) is 12.2 Å². The Balaban J connectivity index is 2.66. The molecule has 1 rings (SSSR count). The molecule has 2 nitrogen and oxygen atoms in total. The highest BCUT2D eigenvalue weighted by Crippen LogP contribution is 2.10. The van der Waals surface area contributed by atoms with Gasteiger partial charge < -0.3 is 5.32 Å². The van der Waals surface area contributed by atoms with Gasteiger partial charge in [-0.1, -0.05) is 18.2 Å². The zero-order chi connectivity index (χ0) is 12.0. The van der Waals surface area contributed by atoms with Gasteiger partial charge in [0.25, 0.3) is 5.91 Å². The van der Waals surface area contributed by atoms with E-state index in [4.69, 9.17) is 11.6 Å². The molecule has 0 atom stereocenters. The maximum Gasteiger partial charge on any atom is 0.254 e. The lowest BCUT2D eigenvalue weighted by atomic mass is 10.2. The molecule has 0 saturated carbocycles. The van der Waals surface area contributed by atoms with Crippen LogP contribution in [0.5, 0.6) is 0 Å². The van der Waals surface area contributed by atoms with Crippen LogP contribution < -0.4 is 5.32 Å². The Kier molecular flexibility index (Phi) is 4.92. The third kappa shape index (κ3) is 3.31. The first-order valence-electron chi connectivity index (χ1n) is 4.60. The Morgan fingerprint density at radius 1 is 1.38 bits per heavy atom. The van der Waals surface area contributed by atoms with Crippen LogP contribution in [0.3, 0.4) is 0 Å². The smallest absolute Gasteiger partial charge is 0.254 e. The highest BCUT2D eigenvalue weighted by Gasteiger charge is 2.13. The predicted octanol–water partition coefficient (Wildman–Crippen LogP) is 2.49. The molecule has 5 heteroatoms. The van der Waals surface area contributed by atoms with E-state index < -0.39 is 17.5 Å². The van der Waals surface area contributed by atoms with Crippen LogP contribution in [-0.4, -0.2) is 18.3 Å². The van der Waals surface area contributed by atoms with Crippen LogP contribution in [-0.2, 0) is 0 Å². The number of carbonyl (C=O) groups excluding carboxylic acids is 1. The minimum absolute atomic E-state index is 0.224. The van der Waals surface area contributed by atoms with Gasteiger partial charge in [0.2, 0.25) is 0 Å². The molecule has 0 aliphatic heterocycles. The molecule has 0 spiro atoms. The van der Waals surface area contributed by atoms with E-state index in [1.807, 2.05) is 0 Å². The monoisotopic (exact) mass is 245 g/mol. The summed E-state index contributed by atoms with van der Waals surface area (Å²) in [5.74, 6) is -2.49. The van der Waals surface area contributed by atoms with Crippen molar-refractivity contribution in [2.45, 2.75) is 0 Å². The Bertz CT molecular complexity index is 407. The standard InChI is InChI=1S/C11H10ClF2NO/c12-6-1-2-7-15-11(16)8-4-3-5-9(13)10(8)14/h1-5H,6-7H2,(H,15,16)/b2-1+. The van der Waals surface area contributed by atoms with E-state index in [1.165, 1.54) is 12.1 Å². The molecular formula is C11H10ClF2NO. The molecule has 0 aliphatic rings. The van der Waals surface area contributed by atoms with Gasteiger partial charge in [-0.15, -0.1) is 11.6 Å². The Hall–Kier alpha value is -1.42. The number of rotatable bonds is 4. The second kappa shape index (κ2) is 6.23. The summed E-state index contributed by atoms with van der Waals surface area (Å²) in [6, 6.07) is 3.46. The number of hydrogen-bond acceptors (Lipinski definition) is 1. The van der Waals surface area contributed by atoms with Crippen molar-refractivity contribution in [3.63, 3.8) is 0 Å². The Morgan fingerprint density at radius 3 is 2.81 bits per heavy atom. The molecule has 0 bridgehead atoms. The molecule has 0 unspecified atom stereocenters. The van der Waals surface area contributed by atoms with Crippen LogP contribution in [0.2, 0.25) is 0 Å². The number of benzene rings is 1. The van der Waals surface area contributed by atoms with Gasteiger partial charge in [-0.2, -0.15) is 0 Å². The summed E-state index contributed by atoms with van der Waals surface area (Å²) in [6.45, 7) is 0.224. The number of nitrogens with one attached hydrogen (secondary N) is 1. The zero-order valence-corrected chi connectivity index (χ0v) is 9.10. The molecular weight excluding hydrogens is 236 g/mol. The van der Waals surface area contributed by atoms with Crippen molar-refractivity contribution in [2.24, 2.45) is 0 Å². The summed E-state index contributed by atoms with van der Waals surface area (Å²) in [4.78, 5) is 11.4. The summed E-state index contributed by atoms with van der Waals surface area (Å²) in [6.07, 6.45) is 3.27. The predicted molar refractivity (Wildman–Crippen MR) is 58.6 cm³/mol. The van der Waals surface area contributed by atoms with Crippen molar-refractivity contribution < 1.29 is 13.6 Å². The van der Waals surface area contributed by atoms with Crippen molar-refractivity contribution in [2.75, 3.05) is 12.4 Å². The first-order valence-corrected chi connectivity index (χ1v) is 5.13. The van der Waals surface area contributed by atoms with Gasteiger partial charge in [0, 0.05) is 12.4 Å². The molecule has 1 amide bonds. The first-order chi connectivity index (χ1) is 7.66. The van der Waals surface area contributed by atoms with Gasteiger partial charge in [-0.05, 0) is 12.1 Å². The molecule has 0 heterocycles. The number of carbonyl (C=O) groups is 1. The quantitative estimate of drug-likeness (QED) is 0.641. The summed E-state index contributed by atoms with van der Waals surface area (Å²) in [7, 11) is 0. The van der Waals surface area contributed by atoms with Crippen LogP contribution in [0.1, 0.15) is 10.4 Å².